The molecule has 0 radical (unpaired) electrons. The average Bonchev–Trinajstić information content (AvgIpc) is 2.34. The molecule has 1 rings (SSSR count). The van der Waals surface area contributed by atoms with Crippen molar-refractivity contribution in [2.45, 2.75) is 18.2 Å². The Morgan fingerprint density at radius 3 is 2.68 bits per heavy atom. The number of nitrogens with one attached hydrogen (secondary N) is 1. The van der Waals surface area contributed by atoms with Gasteiger partial charge in [-0.05, 0) is 19.4 Å². The molecule has 0 fully saturated rings. The zero-order valence-corrected chi connectivity index (χ0v) is 11.6. The van der Waals surface area contributed by atoms with E-state index in [4.69, 9.17) is 4.74 Å². The molecule has 0 bridgehead atoms. The summed E-state index contributed by atoms with van der Waals surface area (Å²) in [4.78, 5) is 10.1. The lowest BCUT2D eigenvalue weighted by Gasteiger charge is -2.07. The minimum Gasteiger partial charge on any atom is -0.385 e. The molecule has 0 aliphatic heterocycles. The van der Waals surface area contributed by atoms with Gasteiger partial charge < -0.3 is 4.74 Å². The maximum atomic E-state index is 11.9. The number of aryl methyl sites for hydroxylation is 1. The Kier molecular flexibility index (Phi) is 5.40. The average molecular weight is 288 g/mol. The van der Waals surface area contributed by atoms with Crippen LogP contribution in [0.5, 0.6) is 0 Å². The summed E-state index contributed by atoms with van der Waals surface area (Å²) < 4.78 is 31.0. The normalized spacial score (nSPS) is 11.5. The van der Waals surface area contributed by atoms with Gasteiger partial charge in [0.15, 0.2) is 0 Å². The smallest absolute Gasteiger partial charge is 0.273 e. The van der Waals surface area contributed by atoms with Crippen LogP contribution in [0.15, 0.2) is 23.1 Å². The second kappa shape index (κ2) is 6.60. The minimum atomic E-state index is -3.72. The molecule has 0 unspecified atom stereocenters. The molecular weight excluding hydrogens is 272 g/mol. The van der Waals surface area contributed by atoms with Gasteiger partial charge in [-0.25, -0.2) is 13.1 Å². The molecule has 0 aliphatic carbocycles. The molecule has 0 saturated heterocycles. The molecule has 0 aliphatic rings. The zero-order chi connectivity index (χ0) is 14.5. The highest BCUT2D eigenvalue weighted by atomic mass is 32.2. The molecule has 8 heteroatoms. The van der Waals surface area contributed by atoms with Crippen molar-refractivity contribution in [2.75, 3.05) is 20.3 Å². The largest absolute Gasteiger partial charge is 0.385 e. The van der Waals surface area contributed by atoms with Gasteiger partial charge in [-0.2, -0.15) is 0 Å². The fraction of sp³-hybridized carbons (Fsp3) is 0.455. The summed E-state index contributed by atoms with van der Waals surface area (Å²) in [6.45, 7) is 2.22. The summed E-state index contributed by atoms with van der Waals surface area (Å²) in [7, 11) is -2.20. The van der Waals surface area contributed by atoms with Crippen LogP contribution in [0.3, 0.4) is 0 Å². The highest BCUT2D eigenvalue weighted by Crippen LogP contribution is 2.21. The number of hydrogen-bond acceptors (Lipinski definition) is 5. The van der Waals surface area contributed by atoms with E-state index in [2.05, 4.69) is 4.72 Å². The highest BCUT2D eigenvalue weighted by molar-refractivity contribution is 7.89. The number of nitro groups is 1. The molecule has 19 heavy (non-hydrogen) atoms. The quantitative estimate of drug-likeness (QED) is 0.462. The van der Waals surface area contributed by atoms with Crippen molar-refractivity contribution in [3.63, 3.8) is 0 Å². The molecule has 0 saturated carbocycles. The zero-order valence-electron chi connectivity index (χ0n) is 10.8. The lowest BCUT2D eigenvalue weighted by atomic mass is 10.2. The molecular formula is C11H16N2O5S. The predicted molar refractivity (Wildman–Crippen MR) is 69.5 cm³/mol. The third-order valence-corrected chi connectivity index (χ3v) is 3.96. The van der Waals surface area contributed by atoms with Gasteiger partial charge in [0, 0.05) is 31.9 Å². The van der Waals surface area contributed by atoms with E-state index in [0.717, 1.165) is 6.07 Å². The molecule has 0 aromatic heterocycles. The van der Waals surface area contributed by atoms with Crippen LogP contribution in [0, 0.1) is 17.0 Å². The topological polar surface area (TPSA) is 98.5 Å². The third kappa shape index (κ3) is 4.27. The van der Waals surface area contributed by atoms with Crippen LogP contribution >= 0.6 is 0 Å². The van der Waals surface area contributed by atoms with E-state index in [1.54, 1.807) is 6.92 Å². The van der Waals surface area contributed by atoms with Crippen molar-refractivity contribution in [2.24, 2.45) is 0 Å². The maximum Gasteiger partial charge on any atom is 0.273 e. The molecule has 106 valence electrons. The van der Waals surface area contributed by atoms with Crippen molar-refractivity contribution in [1.82, 2.24) is 4.72 Å². The van der Waals surface area contributed by atoms with E-state index in [1.165, 1.54) is 19.2 Å². The van der Waals surface area contributed by atoms with Gasteiger partial charge >= 0.3 is 0 Å². The molecule has 1 N–H and O–H groups in total. The molecule has 0 heterocycles. The van der Waals surface area contributed by atoms with Gasteiger partial charge in [-0.1, -0.05) is 6.07 Å². The lowest BCUT2D eigenvalue weighted by Crippen LogP contribution is -2.25. The van der Waals surface area contributed by atoms with Crippen LogP contribution in [0.4, 0.5) is 5.69 Å². The van der Waals surface area contributed by atoms with E-state index in [-0.39, 0.29) is 17.1 Å². The minimum absolute atomic E-state index is 0.109. The monoisotopic (exact) mass is 288 g/mol. The van der Waals surface area contributed by atoms with Crippen LogP contribution in [0.2, 0.25) is 0 Å². The third-order valence-electron chi connectivity index (χ3n) is 2.50. The number of benzene rings is 1. The van der Waals surface area contributed by atoms with Crippen LogP contribution < -0.4 is 4.72 Å². The Labute approximate surface area is 111 Å². The number of methoxy groups -OCH3 is 1. The number of hydrogen-bond donors (Lipinski definition) is 1. The Bertz CT molecular complexity index is 556. The Balaban J connectivity index is 2.89. The fourth-order valence-corrected chi connectivity index (χ4v) is 2.55. The molecule has 0 spiro atoms. The van der Waals surface area contributed by atoms with Crippen molar-refractivity contribution in [1.29, 1.82) is 0 Å². The Morgan fingerprint density at radius 1 is 1.42 bits per heavy atom. The Hall–Kier alpha value is -1.51. The summed E-state index contributed by atoms with van der Waals surface area (Å²) in [5.41, 5.74) is 0.211. The Morgan fingerprint density at radius 2 is 2.11 bits per heavy atom. The van der Waals surface area contributed by atoms with Gasteiger partial charge in [0.1, 0.15) is 0 Å². The maximum absolute atomic E-state index is 11.9. The van der Waals surface area contributed by atoms with E-state index in [1.807, 2.05) is 0 Å². The lowest BCUT2D eigenvalue weighted by molar-refractivity contribution is -0.385. The van der Waals surface area contributed by atoms with Crippen molar-refractivity contribution >= 4 is 15.7 Å². The van der Waals surface area contributed by atoms with Gasteiger partial charge in [0.25, 0.3) is 5.69 Å². The number of sulfonamides is 1. The summed E-state index contributed by atoms with van der Waals surface area (Å²) in [5.74, 6) is 0. The summed E-state index contributed by atoms with van der Waals surface area (Å²) in [5, 5.41) is 10.8. The summed E-state index contributed by atoms with van der Waals surface area (Å²) in [6.07, 6.45) is 0.531. The predicted octanol–water partition coefficient (Wildman–Crippen LogP) is 1.22. The molecule has 7 nitrogen and oxygen atoms in total. The molecule has 1 aromatic rings. The number of nitro benzene ring substituents is 1. The van der Waals surface area contributed by atoms with E-state index >= 15 is 0 Å². The first-order chi connectivity index (χ1) is 8.88. The van der Waals surface area contributed by atoms with Gasteiger partial charge in [-0.3, -0.25) is 10.1 Å². The van der Waals surface area contributed by atoms with Gasteiger partial charge in [0.05, 0.1) is 9.82 Å². The molecule has 0 atom stereocenters. The SMILES string of the molecule is COCCCNS(=O)(=O)c1ccc(C)c([N+](=O)[O-])c1. The first kappa shape index (κ1) is 15.5. The molecule has 0 amide bonds. The van der Waals surface area contributed by atoms with Crippen molar-refractivity contribution in [3.05, 3.63) is 33.9 Å². The number of nitrogens with zero attached hydrogens (tertiary/aromatic N) is 1. The van der Waals surface area contributed by atoms with Gasteiger partial charge in [-0.15, -0.1) is 0 Å². The summed E-state index contributed by atoms with van der Waals surface area (Å²) in [6, 6.07) is 3.83. The van der Waals surface area contributed by atoms with E-state index in [9.17, 15) is 18.5 Å². The highest BCUT2D eigenvalue weighted by Gasteiger charge is 2.19. The van der Waals surface area contributed by atoms with Crippen molar-refractivity contribution in [3.8, 4) is 0 Å². The van der Waals surface area contributed by atoms with Crippen LogP contribution in [-0.2, 0) is 14.8 Å². The second-order valence-electron chi connectivity index (χ2n) is 3.95. The summed E-state index contributed by atoms with van der Waals surface area (Å²) >= 11 is 0. The van der Waals surface area contributed by atoms with E-state index in [0.29, 0.717) is 18.6 Å². The van der Waals surface area contributed by atoms with Gasteiger partial charge in [0.2, 0.25) is 10.0 Å². The van der Waals surface area contributed by atoms with Crippen LogP contribution in [-0.4, -0.2) is 33.6 Å². The van der Waals surface area contributed by atoms with Crippen LogP contribution in [0.1, 0.15) is 12.0 Å². The number of rotatable bonds is 7. The first-order valence-corrected chi connectivity index (χ1v) is 7.10. The van der Waals surface area contributed by atoms with Crippen molar-refractivity contribution < 1.29 is 18.1 Å². The molecule has 1 aromatic carbocycles. The standard InChI is InChI=1S/C11H16N2O5S/c1-9-4-5-10(8-11(9)13(14)15)19(16,17)12-6-3-7-18-2/h4-5,8,12H,3,6-7H2,1-2H3. The fourth-order valence-electron chi connectivity index (χ4n) is 1.46. The first-order valence-electron chi connectivity index (χ1n) is 5.62. The van der Waals surface area contributed by atoms with E-state index < -0.39 is 14.9 Å². The van der Waals surface area contributed by atoms with Crippen LogP contribution in [0.25, 0.3) is 0 Å². The number of ether oxygens (including phenoxy) is 1. The second-order valence-corrected chi connectivity index (χ2v) is 5.72.